The summed E-state index contributed by atoms with van der Waals surface area (Å²) in [4.78, 5) is 31.9. The van der Waals surface area contributed by atoms with Crippen molar-refractivity contribution in [3.63, 3.8) is 0 Å². The van der Waals surface area contributed by atoms with Crippen molar-refractivity contribution in [1.82, 2.24) is 30.5 Å². The number of benzene rings is 2. The van der Waals surface area contributed by atoms with Gasteiger partial charge in [0.25, 0.3) is 0 Å². The first kappa shape index (κ1) is 23.3. The van der Waals surface area contributed by atoms with Crippen molar-refractivity contribution >= 4 is 22.8 Å². The molecule has 2 aromatic carbocycles. The topological polar surface area (TPSA) is 125 Å². The SMILES string of the molecule is O=C(C1CC1)N(Cc1ccc2nc(-c3ccc(-c4nn[nH]n4)cc3)ccc2c1)CC1(C(=O)O)CCCC1. The number of H-pyrrole nitrogens is 1. The Hall–Kier alpha value is -4.14. The highest BCUT2D eigenvalue weighted by atomic mass is 16.4. The van der Waals surface area contributed by atoms with Crippen molar-refractivity contribution in [2.75, 3.05) is 6.54 Å². The van der Waals surface area contributed by atoms with E-state index in [-0.39, 0.29) is 18.4 Å². The number of amides is 1. The highest BCUT2D eigenvalue weighted by Crippen LogP contribution is 2.41. The van der Waals surface area contributed by atoms with Gasteiger partial charge in [-0.05, 0) is 54.7 Å². The molecule has 0 saturated heterocycles. The molecule has 2 fully saturated rings. The van der Waals surface area contributed by atoms with Gasteiger partial charge in [-0.3, -0.25) is 9.59 Å². The van der Waals surface area contributed by atoms with Crippen LogP contribution in [-0.2, 0) is 16.1 Å². The molecule has 1 amide bonds. The number of aromatic nitrogens is 5. The molecule has 188 valence electrons. The lowest BCUT2D eigenvalue weighted by atomic mass is 9.85. The van der Waals surface area contributed by atoms with E-state index in [0.29, 0.717) is 25.2 Å². The highest BCUT2D eigenvalue weighted by Gasteiger charge is 2.45. The van der Waals surface area contributed by atoms with Crippen molar-refractivity contribution in [2.45, 2.75) is 45.1 Å². The first-order chi connectivity index (χ1) is 18.0. The molecule has 0 atom stereocenters. The fourth-order valence-electron chi connectivity index (χ4n) is 5.39. The summed E-state index contributed by atoms with van der Waals surface area (Å²) < 4.78 is 0. The number of nitrogens with zero attached hydrogens (tertiary/aromatic N) is 5. The maximum atomic E-state index is 13.1. The Bertz CT molecular complexity index is 1440. The molecule has 6 rings (SSSR count). The first-order valence-corrected chi connectivity index (χ1v) is 12.8. The van der Waals surface area contributed by atoms with Gasteiger partial charge in [-0.25, -0.2) is 4.98 Å². The third kappa shape index (κ3) is 4.69. The second-order valence-electron chi connectivity index (χ2n) is 10.3. The zero-order valence-electron chi connectivity index (χ0n) is 20.4. The summed E-state index contributed by atoms with van der Waals surface area (Å²) in [5.74, 6) is -0.102. The predicted octanol–water partition coefficient (Wildman–Crippen LogP) is 4.47. The molecule has 2 aliphatic rings. The number of nitrogens with one attached hydrogen (secondary N) is 1. The second kappa shape index (κ2) is 9.38. The van der Waals surface area contributed by atoms with Gasteiger partial charge < -0.3 is 10.0 Å². The van der Waals surface area contributed by atoms with Crippen molar-refractivity contribution in [2.24, 2.45) is 11.3 Å². The molecule has 0 bridgehead atoms. The molecule has 0 aliphatic heterocycles. The number of carbonyl (C=O) groups excluding carboxylic acids is 1. The van der Waals surface area contributed by atoms with E-state index < -0.39 is 11.4 Å². The number of aliphatic carboxylic acids is 1. The Morgan fingerprint density at radius 2 is 1.76 bits per heavy atom. The number of tetrazole rings is 1. The van der Waals surface area contributed by atoms with E-state index >= 15 is 0 Å². The minimum Gasteiger partial charge on any atom is -0.481 e. The standard InChI is InChI=1S/C28H28N6O3/c35-26(21-8-9-21)34(17-28(27(36)37)13-1-2-14-28)16-18-3-11-24-22(15-18)10-12-23(29-24)19-4-6-20(7-5-19)25-30-32-33-31-25/h3-7,10-12,15,21H,1-2,8-9,13-14,16-17H2,(H,36,37)(H,30,31,32,33). The lowest BCUT2D eigenvalue weighted by Gasteiger charge is -2.32. The molecular weight excluding hydrogens is 468 g/mol. The van der Waals surface area contributed by atoms with Crippen molar-refractivity contribution in [1.29, 1.82) is 0 Å². The number of fused-ring (bicyclic) bond motifs is 1. The Morgan fingerprint density at radius 3 is 2.43 bits per heavy atom. The smallest absolute Gasteiger partial charge is 0.311 e. The van der Waals surface area contributed by atoms with Crippen LogP contribution in [0.2, 0.25) is 0 Å². The molecule has 9 nitrogen and oxygen atoms in total. The van der Waals surface area contributed by atoms with Crippen molar-refractivity contribution in [3.8, 4) is 22.6 Å². The number of hydrogen-bond acceptors (Lipinski definition) is 6. The van der Waals surface area contributed by atoms with Crippen LogP contribution < -0.4 is 0 Å². The van der Waals surface area contributed by atoms with Gasteiger partial charge in [-0.2, -0.15) is 5.21 Å². The Kier molecular flexibility index (Phi) is 5.90. The summed E-state index contributed by atoms with van der Waals surface area (Å²) in [6.45, 7) is 0.701. The van der Waals surface area contributed by atoms with Gasteiger partial charge in [0.15, 0.2) is 0 Å². The zero-order valence-corrected chi connectivity index (χ0v) is 20.4. The molecular formula is C28H28N6O3. The third-order valence-electron chi connectivity index (χ3n) is 7.66. The van der Waals surface area contributed by atoms with Gasteiger partial charge in [-0.1, -0.05) is 49.2 Å². The Morgan fingerprint density at radius 1 is 1.00 bits per heavy atom. The maximum Gasteiger partial charge on any atom is 0.311 e. The van der Waals surface area contributed by atoms with Crippen molar-refractivity contribution < 1.29 is 14.7 Å². The number of pyridine rings is 1. The summed E-state index contributed by atoms with van der Waals surface area (Å²) in [6.07, 6.45) is 4.88. The number of carbonyl (C=O) groups is 2. The molecule has 2 saturated carbocycles. The summed E-state index contributed by atoms with van der Waals surface area (Å²) in [7, 11) is 0. The second-order valence-corrected chi connectivity index (χ2v) is 10.3. The number of carboxylic acids is 1. The highest BCUT2D eigenvalue weighted by molar-refractivity contribution is 5.84. The van der Waals surface area contributed by atoms with Crippen LogP contribution in [-0.4, -0.2) is 54.0 Å². The number of hydrogen-bond donors (Lipinski definition) is 2. The van der Waals surface area contributed by atoms with Gasteiger partial charge in [0, 0.05) is 35.5 Å². The average Bonchev–Trinajstić information content (AvgIpc) is 3.40. The van der Waals surface area contributed by atoms with E-state index in [9.17, 15) is 14.7 Å². The minimum atomic E-state index is -0.822. The van der Waals surface area contributed by atoms with Gasteiger partial charge >= 0.3 is 5.97 Å². The van der Waals surface area contributed by atoms with Crippen molar-refractivity contribution in [3.05, 3.63) is 60.2 Å². The summed E-state index contributed by atoms with van der Waals surface area (Å²) in [5.41, 5.74) is 3.73. The third-order valence-corrected chi connectivity index (χ3v) is 7.66. The summed E-state index contributed by atoms with van der Waals surface area (Å²) in [6, 6.07) is 17.9. The van der Waals surface area contributed by atoms with Crippen LogP contribution in [0.15, 0.2) is 54.6 Å². The first-order valence-electron chi connectivity index (χ1n) is 12.8. The van der Waals surface area contributed by atoms with Crippen LogP contribution in [0.3, 0.4) is 0 Å². The van der Waals surface area contributed by atoms with Gasteiger partial charge in [0.1, 0.15) is 0 Å². The quantitative estimate of drug-likeness (QED) is 0.369. The zero-order chi connectivity index (χ0) is 25.4. The lowest BCUT2D eigenvalue weighted by molar-refractivity contribution is -0.152. The predicted molar refractivity (Wildman–Crippen MR) is 137 cm³/mol. The molecule has 2 aromatic heterocycles. The van der Waals surface area contributed by atoms with E-state index in [1.807, 2.05) is 48.5 Å². The molecule has 0 radical (unpaired) electrons. The van der Waals surface area contributed by atoms with Gasteiger partial charge in [0.2, 0.25) is 11.7 Å². The van der Waals surface area contributed by atoms with E-state index in [4.69, 9.17) is 4.98 Å². The van der Waals surface area contributed by atoms with Crippen LogP contribution in [0.25, 0.3) is 33.5 Å². The normalized spacial score (nSPS) is 16.6. The van der Waals surface area contributed by atoms with Gasteiger partial charge in [-0.15, -0.1) is 10.2 Å². The maximum absolute atomic E-state index is 13.1. The molecule has 2 aliphatic carbocycles. The van der Waals surface area contributed by atoms with Crippen LogP contribution in [0, 0.1) is 11.3 Å². The molecule has 0 spiro atoms. The van der Waals surface area contributed by atoms with E-state index in [1.54, 1.807) is 4.90 Å². The van der Waals surface area contributed by atoms with Crippen LogP contribution in [0.1, 0.15) is 44.1 Å². The molecule has 37 heavy (non-hydrogen) atoms. The monoisotopic (exact) mass is 496 g/mol. The molecule has 4 aromatic rings. The average molecular weight is 497 g/mol. The number of aromatic amines is 1. The van der Waals surface area contributed by atoms with Crippen LogP contribution in [0.5, 0.6) is 0 Å². The fourth-order valence-corrected chi connectivity index (χ4v) is 5.39. The van der Waals surface area contributed by atoms with Gasteiger partial charge in [0.05, 0.1) is 16.6 Å². The molecule has 2 heterocycles. The van der Waals surface area contributed by atoms with E-state index in [2.05, 4.69) is 26.7 Å². The Labute approximate surface area is 213 Å². The van der Waals surface area contributed by atoms with E-state index in [1.165, 1.54) is 0 Å². The van der Waals surface area contributed by atoms with Crippen LogP contribution in [0.4, 0.5) is 0 Å². The van der Waals surface area contributed by atoms with E-state index in [0.717, 1.165) is 59.0 Å². The summed E-state index contributed by atoms with van der Waals surface area (Å²) >= 11 is 0. The number of rotatable bonds is 8. The molecule has 0 unspecified atom stereocenters. The number of carboxylic acid groups (broad SMARTS) is 1. The largest absolute Gasteiger partial charge is 0.481 e. The minimum absolute atomic E-state index is 0.0448. The van der Waals surface area contributed by atoms with Crippen LogP contribution >= 0.6 is 0 Å². The lowest BCUT2D eigenvalue weighted by Crippen LogP contribution is -2.44. The summed E-state index contributed by atoms with van der Waals surface area (Å²) in [5, 5.41) is 25.0. The molecule has 9 heteroatoms. The fraction of sp³-hybridized carbons (Fsp3) is 0.357. The molecule has 2 N–H and O–H groups in total. The Balaban J connectivity index is 1.23.